The summed E-state index contributed by atoms with van der Waals surface area (Å²) < 4.78 is 39.2. The van der Waals surface area contributed by atoms with Crippen LogP contribution in [0.1, 0.15) is 35.4 Å². The number of amides is 1. The summed E-state index contributed by atoms with van der Waals surface area (Å²) in [5.74, 6) is -0.774. The molecule has 0 radical (unpaired) electrons. The molecule has 0 bridgehead atoms. The fraction of sp³-hybridized carbons (Fsp3) is 0.238. The summed E-state index contributed by atoms with van der Waals surface area (Å²) in [6.45, 7) is 0. The second-order valence-electron chi connectivity index (χ2n) is 6.94. The third-order valence-corrected chi connectivity index (χ3v) is 8.32. The average molecular weight is 431 g/mol. The van der Waals surface area contributed by atoms with Gasteiger partial charge in [0.1, 0.15) is 15.7 Å². The minimum atomic E-state index is -3.32. The lowest BCUT2D eigenvalue weighted by molar-refractivity contribution is 0.103. The van der Waals surface area contributed by atoms with Gasteiger partial charge in [-0.15, -0.1) is 11.3 Å². The summed E-state index contributed by atoms with van der Waals surface area (Å²) in [6.07, 6.45) is 4.71. The highest BCUT2D eigenvalue weighted by atomic mass is 32.2. The van der Waals surface area contributed by atoms with E-state index in [0.29, 0.717) is 34.0 Å². The fourth-order valence-corrected chi connectivity index (χ4v) is 6.14. The maximum absolute atomic E-state index is 13.9. The highest BCUT2D eigenvalue weighted by Gasteiger charge is 2.30. The molecule has 1 saturated carbocycles. The monoisotopic (exact) mass is 430 g/mol. The van der Waals surface area contributed by atoms with Crippen molar-refractivity contribution in [3.63, 3.8) is 0 Å². The predicted molar refractivity (Wildman–Crippen MR) is 111 cm³/mol. The molecule has 0 atom stereocenters. The van der Waals surface area contributed by atoms with E-state index in [1.54, 1.807) is 30.3 Å². The lowest BCUT2D eigenvalue weighted by Gasteiger charge is -2.11. The number of hydrogen-bond donors (Lipinski definition) is 1. The van der Waals surface area contributed by atoms with Gasteiger partial charge in [-0.1, -0.05) is 25.0 Å². The number of nitrogens with zero attached hydrogens (tertiary/aromatic N) is 1. The number of benzene rings is 2. The second-order valence-corrected chi connectivity index (χ2v) is 10.2. The van der Waals surface area contributed by atoms with Gasteiger partial charge in [0.2, 0.25) is 0 Å². The Bertz CT molecular complexity index is 1130. The van der Waals surface area contributed by atoms with E-state index in [0.717, 1.165) is 24.2 Å². The first-order chi connectivity index (χ1) is 13.9. The van der Waals surface area contributed by atoms with Crippen molar-refractivity contribution in [1.29, 1.82) is 0 Å². The van der Waals surface area contributed by atoms with E-state index >= 15 is 0 Å². The van der Waals surface area contributed by atoms with Crippen LogP contribution in [0.4, 0.5) is 10.1 Å². The maximum Gasteiger partial charge on any atom is 0.267 e. The Morgan fingerprint density at radius 1 is 1.07 bits per heavy atom. The summed E-state index contributed by atoms with van der Waals surface area (Å²) in [4.78, 5) is 17.2. The number of sulfone groups is 1. The number of carbonyl (C=O) groups is 1. The van der Waals surface area contributed by atoms with Gasteiger partial charge in [-0.2, -0.15) is 0 Å². The lowest BCUT2D eigenvalue weighted by Crippen LogP contribution is -2.17. The van der Waals surface area contributed by atoms with E-state index < -0.39 is 15.7 Å². The van der Waals surface area contributed by atoms with Gasteiger partial charge < -0.3 is 5.32 Å². The third-order valence-electron chi connectivity index (χ3n) is 5.02. The Hall–Kier alpha value is -2.58. The minimum absolute atomic E-state index is 0.280. The molecule has 0 spiro atoms. The first-order valence-corrected chi connectivity index (χ1v) is 11.7. The van der Waals surface area contributed by atoms with Crippen molar-refractivity contribution in [2.45, 2.75) is 35.8 Å². The molecule has 0 saturated heterocycles. The van der Waals surface area contributed by atoms with Gasteiger partial charge in [-0.25, -0.2) is 17.8 Å². The van der Waals surface area contributed by atoms with Crippen molar-refractivity contribution in [3.8, 4) is 10.6 Å². The average Bonchev–Trinajstić information content (AvgIpc) is 3.41. The van der Waals surface area contributed by atoms with Gasteiger partial charge in [0, 0.05) is 11.3 Å². The SMILES string of the molecule is O=C(Nc1ccc(S(=O)(=O)C2CCCC2)cc1)c1cnc(-c2ccccc2F)s1. The highest BCUT2D eigenvalue weighted by Crippen LogP contribution is 2.31. The fourth-order valence-electron chi connectivity index (χ4n) is 3.45. The van der Waals surface area contributed by atoms with Crippen molar-refractivity contribution in [1.82, 2.24) is 4.98 Å². The number of thiazole rings is 1. The number of aromatic nitrogens is 1. The second kappa shape index (κ2) is 8.04. The zero-order chi connectivity index (χ0) is 20.4. The zero-order valence-electron chi connectivity index (χ0n) is 15.5. The number of anilines is 1. The van der Waals surface area contributed by atoms with Crippen molar-refractivity contribution < 1.29 is 17.6 Å². The zero-order valence-corrected chi connectivity index (χ0v) is 17.1. The molecule has 0 aliphatic heterocycles. The van der Waals surface area contributed by atoms with Crippen LogP contribution < -0.4 is 5.32 Å². The van der Waals surface area contributed by atoms with Crippen LogP contribution in [0.5, 0.6) is 0 Å². The van der Waals surface area contributed by atoms with Crippen LogP contribution in [0.2, 0.25) is 0 Å². The molecule has 29 heavy (non-hydrogen) atoms. The standard InChI is InChI=1S/C21H19FN2O3S2/c22-18-8-4-3-7-17(18)21-23-13-19(28-21)20(25)24-14-9-11-16(12-10-14)29(26,27)15-5-1-2-6-15/h3-4,7-13,15H,1-2,5-6H2,(H,24,25). The van der Waals surface area contributed by atoms with Gasteiger partial charge in [0.15, 0.2) is 9.84 Å². The molecule has 8 heteroatoms. The molecule has 1 aromatic heterocycles. The molecule has 5 nitrogen and oxygen atoms in total. The maximum atomic E-state index is 13.9. The highest BCUT2D eigenvalue weighted by molar-refractivity contribution is 7.92. The van der Waals surface area contributed by atoms with E-state index in [1.165, 1.54) is 24.4 Å². The summed E-state index contributed by atoms with van der Waals surface area (Å²) in [5.41, 5.74) is 0.833. The quantitative estimate of drug-likeness (QED) is 0.623. The third kappa shape index (κ3) is 4.09. The van der Waals surface area contributed by atoms with Gasteiger partial charge in [0.05, 0.1) is 16.3 Å². The summed E-state index contributed by atoms with van der Waals surface area (Å²) >= 11 is 1.09. The minimum Gasteiger partial charge on any atom is -0.321 e. The largest absolute Gasteiger partial charge is 0.321 e. The van der Waals surface area contributed by atoms with Crippen LogP contribution in [0, 0.1) is 5.82 Å². The van der Waals surface area contributed by atoms with Crippen molar-refractivity contribution in [3.05, 3.63) is 65.4 Å². The topological polar surface area (TPSA) is 76.1 Å². The van der Waals surface area contributed by atoms with Gasteiger partial charge >= 0.3 is 0 Å². The van der Waals surface area contributed by atoms with E-state index in [9.17, 15) is 17.6 Å². The molecule has 2 aromatic carbocycles. The van der Waals surface area contributed by atoms with Crippen molar-refractivity contribution in [2.24, 2.45) is 0 Å². The normalized spacial score (nSPS) is 14.8. The van der Waals surface area contributed by atoms with Crippen LogP contribution >= 0.6 is 11.3 Å². The molecule has 4 rings (SSSR count). The van der Waals surface area contributed by atoms with Crippen LogP contribution in [-0.2, 0) is 9.84 Å². The van der Waals surface area contributed by atoms with Crippen LogP contribution in [0.15, 0.2) is 59.6 Å². The van der Waals surface area contributed by atoms with Crippen LogP contribution in [0.25, 0.3) is 10.6 Å². The first kappa shape index (κ1) is 19.7. The first-order valence-electron chi connectivity index (χ1n) is 9.31. The Morgan fingerprint density at radius 3 is 2.45 bits per heavy atom. The Labute approximate surface area is 172 Å². The van der Waals surface area contributed by atoms with E-state index in [2.05, 4.69) is 10.3 Å². The van der Waals surface area contributed by atoms with Crippen LogP contribution in [-0.4, -0.2) is 24.6 Å². The van der Waals surface area contributed by atoms with E-state index in [4.69, 9.17) is 0 Å². The number of rotatable bonds is 5. The molecule has 1 heterocycles. The van der Waals surface area contributed by atoms with E-state index in [1.807, 2.05) is 0 Å². The number of nitrogens with one attached hydrogen (secondary N) is 1. The van der Waals surface area contributed by atoms with Crippen LogP contribution in [0.3, 0.4) is 0 Å². The summed E-state index contributed by atoms with van der Waals surface area (Å²) in [5, 5.41) is 2.84. The molecule has 0 unspecified atom stereocenters. The summed E-state index contributed by atoms with van der Waals surface area (Å²) in [7, 11) is -3.32. The molecule has 1 N–H and O–H groups in total. The van der Waals surface area contributed by atoms with Crippen molar-refractivity contribution >= 4 is 32.8 Å². The lowest BCUT2D eigenvalue weighted by atomic mass is 10.2. The Morgan fingerprint density at radius 2 is 1.76 bits per heavy atom. The summed E-state index contributed by atoms with van der Waals surface area (Å²) in [6, 6.07) is 12.5. The molecule has 1 fully saturated rings. The smallest absolute Gasteiger partial charge is 0.267 e. The number of halogens is 1. The molecule has 3 aromatic rings. The Kier molecular flexibility index (Phi) is 5.47. The molecular weight excluding hydrogens is 411 g/mol. The number of hydrogen-bond acceptors (Lipinski definition) is 5. The predicted octanol–water partition coefficient (Wildman–Crippen LogP) is 4.92. The molecule has 1 aliphatic carbocycles. The molecule has 150 valence electrons. The molecular formula is C21H19FN2O3S2. The van der Waals surface area contributed by atoms with Gasteiger partial charge in [0.25, 0.3) is 5.91 Å². The van der Waals surface area contributed by atoms with Gasteiger partial charge in [-0.05, 0) is 49.2 Å². The molecule has 1 amide bonds. The van der Waals surface area contributed by atoms with E-state index in [-0.39, 0.29) is 16.1 Å². The van der Waals surface area contributed by atoms with Gasteiger partial charge in [-0.3, -0.25) is 4.79 Å². The van der Waals surface area contributed by atoms with Crippen molar-refractivity contribution in [2.75, 3.05) is 5.32 Å². The molecule has 1 aliphatic rings. The number of carbonyl (C=O) groups excluding carboxylic acids is 1. The Balaban J connectivity index is 1.47.